The number of H-pyrrole nitrogens is 1. The number of benzene rings is 2. The Hall–Kier alpha value is -5.17. The van der Waals surface area contributed by atoms with Crippen LogP contribution in [0.2, 0.25) is 0 Å². The summed E-state index contributed by atoms with van der Waals surface area (Å²) in [6.07, 6.45) is 1.26. The number of carbonyl (C=O) groups excluding carboxylic acids is 1. The van der Waals surface area contributed by atoms with Gasteiger partial charge in [0.25, 0.3) is 11.1 Å². The molecule has 0 radical (unpaired) electrons. The number of aromatic hydroxyl groups is 1. The second kappa shape index (κ2) is 8.00. The standard InChI is InChI=1S/C25H17N5O5/c1-13-16(23(32)29-20-6-4-3-5-19(20)27-21(29)18(13)12-26)11-17-22(31)28-30(24(17)33)15-9-7-14(8-10-15)25(34)35-2/h3-11,33H,1-2H3,(H,28,31). The molecule has 3 aromatic heterocycles. The van der Waals surface area contributed by atoms with E-state index in [1.54, 1.807) is 31.2 Å². The first kappa shape index (κ1) is 21.7. The highest BCUT2D eigenvalue weighted by Crippen LogP contribution is 2.21. The molecular weight excluding hydrogens is 450 g/mol. The Morgan fingerprint density at radius 3 is 2.57 bits per heavy atom. The third-order valence-electron chi connectivity index (χ3n) is 5.85. The molecule has 0 aliphatic heterocycles. The van der Waals surface area contributed by atoms with Gasteiger partial charge in [-0.15, -0.1) is 0 Å². The number of rotatable bonds is 3. The molecule has 172 valence electrons. The molecule has 0 spiro atoms. The summed E-state index contributed by atoms with van der Waals surface area (Å²) >= 11 is 0. The largest absolute Gasteiger partial charge is 0.493 e. The van der Waals surface area contributed by atoms with Gasteiger partial charge in [0.2, 0.25) is 5.88 Å². The van der Waals surface area contributed by atoms with Crippen molar-refractivity contribution < 1.29 is 14.6 Å². The maximum atomic E-state index is 13.5. The van der Waals surface area contributed by atoms with Gasteiger partial charge in [0, 0.05) is 5.22 Å². The van der Waals surface area contributed by atoms with Gasteiger partial charge in [-0.3, -0.25) is 19.1 Å². The predicted molar refractivity (Wildman–Crippen MR) is 127 cm³/mol. The molecule has 2 N–H and O–H groups in total. The van der Waals surface area contributed by atoms with E-state index >= 15 is 0 Å². The summed E-state index contributed by atoms with van der Waals surface area (Å²) in [5.74, 6) is -0.960. The number of ether oxygens (including phenoxy) is 1. The van der Waals surface area contributed by atoms with E-state index < -0.39 is 23.0 Å². The van der Waals surface area contributed by atoms with Crippen LogP contribution in [-0.2, 0) is 4.74 Å². The zero-order valence-corrected chi connectivity index (χ0v) is 18.6. The highest BCUT2D eigenvalue weighted by Gasteiger charge is 2.19. The SMILES string of the molecule is COC(=O)c1ccc(-n2[nH]c(=O)c(C=c3c(C)c(C#N)c4nc5ccccc5n4c3=O)c2O)cc1. The number of carbonyl (C=O) groups is 1. The minimum atomic E-state index is -0.646. The molecule has 0 saturated carbocycles. The molecule has 5 rings (SSSR count). The number of aromatic nitrogens is 4. The second-order valence-corrected chi connectivity index (χ2v) is 7.79. The lowest BCUT2D eigenvalue weighted by Gasteiger charge is -2.05. The van der Waals surface area contributed by atoms with Crippen molar-refractivity contribution in [2.75, 3.05) is 7.11 Å². The zero-order valence-electron chi connectivity index (χ0n) is 18.6. The molecule has 10 nitrogen and oxygen atoms in total. The molecule has 2 aromatic carbocycles. The Bertz CT molecular complexity index is 1870. The number of nitriles is 1. The number of para-hydroxylation sites is 2. The summed E-state index contributed by atoms with van der Waals surface area (Å²) in [7, 11) is 1.27. The van der Waals surface area contributed by atoms with Gasteiger partial charge in [0.15, 0.2) is 5.65 Å². The molecule has 5 aromatic rings. The van der Waals surface area contributed by atoms with E-state index in [1.807, 2.05) is 0 Å². The van der Waals surface area contributed by atoms with Crippen molar-refractivity contribution in [3.05, 3.63) is 96.7 Å². The predicted octanol–water partition coefficient (Wildman–Crippen LogP) is 1.55. The number of esters is 1. The van der Waals surface area contributed by atoms with Crippen LogP contribution < -0.4 is 16.3 Å². The highest BCUT2D eigenvalue weighted by atomic mass is 16.5. The Kier molecular flexibility index (Phi) is 4.95. The first-order valence-corrected chi connectivity index (χ1v) is 10.4. The van der Waals surface area contributed by atoms with Gasteiger partial charge in [-0.1, -0.05) is 12.1 Å². The lowest BCUT2D eigenvalue weighted by atomic mass is 10.1. The van der Waals surface area contributed by atoms with E-state index in [-0.39, 0.29) is 22.0 Å². The van der Waals surface area contributed by atoms with Crippen LogP contribution in [0.5, 0.6) is 5.88 Å². The van der Waals surface area contributed by atoms with E-state index in [2.05, 4.69) is 20.9 Å². The quantitative estimate of drug-likeness (QED) is 0.383. The van der Waals surface area contributed by atoms with Crippen LogP contribution >= 0.6 is 0 Å². The number of nitrogens with zero attached hydrogens (tertiary/aromatic N) is 4. The lowest BCUT2D eigenvalue weighted by molar-refractivity contribution is 0.0600. The minimum Gasteiger partial charge on any atom is -0.493 e. The van der Waals surface area contributed by atoms with Crippen molar-refractivity contribution in [2.45, 2.75) is 6.92 Å². The smallest absolute Gasteiger partial charge is 0.337 e. The van der Waals surface area contributed by atoms with Crippen molar-refractivity contribution >= 4 is 28.7 Å². The first-order valence-electron chi connectivity index (χ1n) is 10.4. The average Bonchev–Trinajstić information content (AvgIpc) is 3.39. The summed E-state index contributed by atoms with van der Waals surface area (Å²) in [5, 5.41) is 23.2. The molecule has 0 fully saturated rings. The third-order valence-corrected chi connectivity index (χ3v) is 5.85. The monoisotopic (exact) mass is 467 g/mol. The van der Waals surface area contributed by atoms with Gasteiger partial charge in [-0.05, 0) is 55.0 Å². The number of methoxy groups -OCH3 is 1. The van der Waals surface area contributed by atoms with E-state index in [4.69, 9.17) is 0 Å². The van der Waals surface area contributed by atoms with Crippen molar-refractivity contribution in [1.82, 2.24) is 19.2 Å². The summed E-state index contributed by atoms with van der Waals surface area (Å²) < 4.78 is 7.14. The number of aromatic amines is 1. The molecule has 35 heavy (non-hydrogen) atoms. The summed E-state index contributed by atoms with van der Waals surface area (Å²) in [4.78, 5) is 42.3. The van der Waals surface area contributed by atoms with Gasteiger partial charge in [0.1, 0.15) is 11.6 Å². The number of pyridine rings is 1. The summed E-state index contributed by atoms with van der Waals surface area (Å²) in [6.45, 7) is 1.60. The van der Waals surface area contributed by atoms with Crippen molar-refractivity contribution in [3.8, 4) is 17.6 Å². The fraction of sp³-hybridized carbons (Fsp3) is 0.0800. The van der Waals surface area contributed by atoms with Gasteiger partial charge in [-0.25, -0.2) is 14.5 Å². The molecule has 0 saturated heterocycles. The summed E-state index contributed by atoms with van der Waals surface area (Å²) in [5.41, 5.74) is 1.25. The number of nitrogens with one attached hydrogen (secondary N) is 1. The van der Waals surface area contributed by atoms with Gasteiger partial charge in [0.05, 0.1) is 35.0 Å². The van der Waals surface area contributed by atoms with Crippen LogP contribution in [0.4, 0.5) is 0 Å². The first-order chi connectivity index (χ1) is 16.8. The molecule has 0 atom stereocenters. The fourth-order valence-corrected chi connectivity index (χ4v) is 4.05. The molecule has 10 heteroatoms. The van der Waals surface area contributed by atoms with E-state index in [9.17, 15) is 24.8 Å². The number of imidazole rings is 1. The van der Waals surface area contributed by atoms with Crippen LogP contribution in [0.1, 0.15) is 27.0 Å². The van der Waals surface area contributed by atoms with E-state index in [1.165, 1.54) is 41.9 Å². The van der Waals surface area contributed by atoms with E-state index in [0.717, 1.165) is 4.68 Å². The molecule has 0 aliphatic carbocycles. The number of hydrogen-bond donors (Lipinski definition) is 2. The zero-order chi connectivity index (χ0) is 24.9. The van der Waals surface area contributed by atoms with Gasteiger partial charge >= 0.3 is 5.97 Å². The molecule has 0 bridgehead atoms. The lowest BCUT2D eigenvalue weighted by Crippen LogP contribution is -2.34. The van der Waals surface area contributed by atoms with Crippen molar-refractivity contribution in [2.24, 2.45) is 0 Å². The van der Waals surface area contributed by atoms with Gasteiger partial charge < -0.3 is 9.84 Å². The number of hydrogen-bond acceptors (Lipinski definition) is 7. The van der Waals surface area contributed by atoms with Crippen molar-refractivity contribution in [3.63, 3.8) is 0 Å². The molecule has 0 unspecified atom stereocenters. The Morgan fingerprint density at radius 2 is 1.89 bits per heavy atom. The van der Waals surface area contributed by atoms with Crippen LogP contribution in [-0.4, -0.2) is 37.4 Å². The van der Waals surface area contributed by atoms with Crippen molar-refractivity contribution in [1.29, 1.82) is 5.26 Å². The molecular formula is C25H17N5O5. The normalized spacial score (nSPS) is 11.7. The minimum absolute atomic E-state index is 0.0804. The number of fused-ring (bicyclic) bond motifs is 3. The van der Waals surface area contributed by atoms with Gasteiger partial charge in [-0.2, -0.15) is 5.26 Å². The molecule has 0 amide bonds. The average molecular weight is 467 g/mol. The van der Waals surface area contributed by atoms with Crippen LogP contribution in [0.3, 0.4) is 0 Å². The van der Waals surface area contributed by atoms with E-state index in [0.29, 0.717) is 27.8 Å². The Balaban J connectivity index is 1.75. The maximum Gasteiger partial charge on any atom is 0.337 e. The summed E-state index contributed by atoms with van der Waals surface area (Å²) in [6, 6.07) is 15.1. The molecule has 0 aliphatic rings. The Morgan fingerprint density at radius 1 is 1.17 bits per heavy atom. The Labute approximate surface area is 196 Å². The topological polar surface area (TPSA) is 142 Å². The third kappa shape index (κ3) is 3.26. The maximum absolute atomic E-state index is 13.5. The van der Waals surface area contributed by atoms with Crippen LogP contribution in [0.15, 0.2) is 58.1 Å². The van der Waals surface area contributed by atoms with Crippen LogP contribution in [0.25, 0.3) is 28.4 Å². The fourth-order valence-electron chi connectivity index (χ4n) is 4.05. The highest BCUT2D eigenvalue weighted by molar-refractivity contribution is 5.89. The molecule has 3 heterocycles. The van der Waals surface area contributed by atoms with Crippen LogP contribution in [0, 0.1) is 18.3 Å². The second-order valence-electron chi connectivity index (χ2n) is 7.79.